The zero-order chi connectivity index (χ0) is 18.6. The van der Waals surface area contributed by atoms with Crippen LogP contribution in [0.15, 0.2) is 22.7 Å². The number of imide groups is 1. The first-order valence-electron chi connectivity index (χ1n) is 7.19. The Morgan fingerprint density at radius 3 is 2.60 bits per heavy atom. The average molecular weight is 357 g/mol. The Morgan fingerprint density at radius 1 is 1.32 bits per heavy atom. The van der Waals surface area contributed by atoms with Crippen molar-refractivity contribution in [3.05, 3.63) is 29.7 Å². The van der Waals surface area contributed by atoms with E-state index in [1.807, 2.05) is 0 Å². The summed E-state index contributed by atoms with van der Waals surface area (Å²) in [6.45, 7) is 1.79. The summed E-state index contributed by atoms with van der Waals surface area (Å²) in [5, 5.41) is 5.46. The van der Waals surface area contributed by atoms with Gasteiger partial charge >= 0.3 is 12.1 Å². The first-order chi connectivity index (χ1) is 11.8. The molecule has 134 valence electrons. The number of rotatable bonds is 5. The first kappa shape index (κ1) is 18.4. The van der Waals surface area contributed by atoms with Crippen LogP contribution in [0.3, 0.4) is 0 Å². The van der Waals surface area contributed by atoms with Gasteiger partial charge in [-0.05, 0) is 24.6 Å². The molecule has 1 N–H and O–H groups in total. The van der Waals surface area contributed by atoms with Gasteiger partial charge in [-0.3, -0.25) is 14.9 Å². The summed E-state index contributed by atoms with van der Waals surface area (Å²) in [7, 11) is 1.28. The van der Waals surface area contributed by atoms with E-state index in [0.717, 1.165) is 0 Å². The molecule has 1 heterocycles. The highest BCUT2D eigenvalue weighted by atomic mass is 19.4. The maximum absolute atomic E-state index is 12.5. The summed E-state index contributed by atoms with van der Waals surface area (Å²) in [5.74, 6) is -2.84. The van der Waals surface area contributed by atoms with Crippen molar-refractivity contribution in [2.24, 2.45) is 0 Å². The van der Waals surface area contributed by atoms with E-state index in [1.165, 1.54) is 25.3 Å². The van der Waals surface area contributed by atoms with E-state index < -0.39 is 23.9 Å². The Labute approximate surface area is 140 Å². The fourth-order valence-corrected chi connectivity index (χ4v) is 1.96. The van der Waals surface area contributed by atoms with Crippen LogP contribution in [0.4, 0.5) is 13.2 Å². The highest BCUT2D eigenvalue weighted by Gasteiger charge is 2.38. The molecule has 0 aliphatic carbocycles. The highest BCUT2D eigenvalue weighted by molar-refractivity contribution is 6.06. The third kappa shape index (κ3) is 4.34. The van der Waals surface area contributed by atoms with E-state index in [9.17, 15) is 22.8 Å². The van der Waals surface area contributed by atoms with Crippen molar-refractivity contribution in [1.82, 2.24) is 15.5 Å². The lowest BCUT2D eigenvalue weighted by atomic mass is 10.1. The second-order valence-electron chi connectivity index (χ2n) is 4.96. The van der Waals surface area contributed by atoms with Gasteiger partial charge in [-0.2, -0.15) is 18.2 Å². The third-order valence-electron chi connectivity index (χ3n) is 3.10. The summed E-state index contributed by atoms with van der Waals surface area (Å²) < 4.78 is 46.8. The zero-order valence-corrected chi connectivity index (χ0v) is 13.3. The number of ether oxygens (including phenoxy) is 1. The minimum absolute atomic E-state index is 0.0512. The van der Waals surface area contributed by atoms with Crippen molar-refractivity contribution in [1.29, 1.82) is 0 Å². The predicted octanol–water partition coefficient (Wildman–Crippen LogP) is 2.82. The number of nitrogens with one attached hydrogen (secondary N) is 1. The molecular weight excluding hydrogens is 343 g/mol. The Kier molecular flexibility index (Phi) is 5.40. The lowest BCUT2D eigenvalue weighted by Crippen LogP contribution is -2.30. The van der Waals surface area contributed by atoms with Crippen LogP contribution in [0.5, 0.6) is 5.75 Å². The molecule has 1 aromatic carbocycles. The summed E-state index contributed by atoms with van der Waals surface area (Å²) >= 11 is 0. The number of carbonyl (C=O) groups excluding carboxylic acids is 2. The van der Waals surface area contributed by atoms with Crippen LogP contribution < -0.4 is 10.1 Å². The number of carbonyl (C=O) groups is 2. The minimum atomic E-state index is -4.76. The number of alkyl halides is 3. The van der Waals surface area contributed by atoms with Crippen molar-refractivity contribution in [3.8, 4) is 17.1 Å². The maximum atomic E-state index is 12.5. The van der Waals surface area contributed by atoms with E-state index in [4.69, 9.17) is 4.74 Å². The van der Waals surface area contributed by atoms with E-state index >= 15 is 0 Å². The molecule has 0 spiro atoms. The van der Waals surface area contributed by atoms with Gasteiger partial charge < -0.3 is 9.26 Å². The second-order valence-corrected chi connectivity index (χ2v) is 4.96. The van der Waals surface area contributed by atoms with Gasteiger partial charge in [-0.1, -0.05) is 12.1 Å². The van der Waals surface area contributed by atoms with Crippen LogP contribution in [0, 0.1) is 0 Å². The molecule has 0 bridgehead atoms. The number of hydrogen-bond acceptors (Lipinski definition) is 6. The quantitative estimate of drug-likeness (QED) is 0.884. The van der Waals surface area contributed by atoms with Crippen molar-refractivity contribution in [2.75, 3.05) is 7.11 Å². The normalized spacial score (nSPS) is 11.2. The Balaban J connectivity index is 2.28. The number of halogens is 3. The fourth-order valence-electron chi connectivity index (χ4n) is 1.96. The lowest BCUT2D eigenvalue weighted by molar-refractivity contribution is -0.159. The molecule has 2 rings (SSSR count). The molecule has 7 nitrogen and oxygen atoms in total. The Hall–Kier alpha value is -2.91. The van der Waals surface area contributed by atoms with E-state index in [0.29, 0.717) is 6.42 Å². The molecule has 0 aliphatic rings. The molecule has 0 fully saturated rings. The molecule has 0 atom stereocenters. The van der Waals surface area contributed by atoms with Gasteiger partial charge in [0.15, 0.2) is 0 Å². The molecule has 1 aromatic heterocycles. The lowest BCUT2D eigenvalue weighted by Gasteiger charge is -2.09. The SMILES string of the molecule is CCCC(=O)NC(=O)c1ccc(-c2noc(C(F)(F)F)n2)cc1OC. The van der Waals surface area contributed by atoms with E-state index in [2.05, 4.69) is 20.0 Å². The van der Waals surface area contributed by atoms with E-state index in [1.54, 1.807) is 6.92 Å². The van der Waals surface area contributed by atoms with Gasteiger partial charge in [0.25, 0.3) is 5.91 Å². The molecule has 0 saturated heterocycles. The largest absolute Gasteiger partial charge is 0.496 e. The number of methoxy groups -OCH3 is 1. The Morgan fingerprint density at radius 2 is 2.04 bits per heavy atom. The van der Waals surface area contributed by atoms with Crippen molar-refractivity contribution in [3.63, 3.8) is 0 Å². The van der Waals surface area contributed by atoms with Crippen LogP contribution in [0.1, 0.15) is 36.0 Å². The molecule has 25 heavy (non-hydrogen) atoms. The zero-order valence-electron chi connectivity index (χ0n) is 13.3. The van der Waals surface area contributed by atoms with Crippen LogP contribution >= 0.6 is 0 Å². The molecule has 0 radical (unpaired) electrons. The summed E-state index contributed by atoms with van der Waals surface area (Å²) in [4.78, 5) is 26.8. The van der Waals surface area contributed by atoms with Crippen molar-refractivity contribution in [2.45, 2.75) is 25.9 Å². The Bertz CT molecular complexity index is 787. The smallest absolute Gasteiger partial charge is 0.471 e. The average Bonchev–Trinajstić information content (AvgIpc) is 3.04. The van der Waals surface area contributed by atoms with Crippen molar-refractivity contribution >= 4 is 11.8 Å². The monoisotopic (exact) mass is 357 g/mol. The maximum Gasteiger partial charge on any atom is 0.471 e. The van der Waals surface area contributed by atoms with E-state index in [-0.39, 0.29) is 29.1 Å². The number of hydrogen-bond donors (Lipinski definition) is 1. The van der Waals surface area contributed by atoms with Crippen LogP contribution in [-0.2, 0) is 11.0 Å². The summed E-state index contributed by atoms with van der Waals surface area (Å²) in [5.41, 5.74) is 0.211. The van der Waals surface area contributed by atoms with Crippen LogP contribution in [-0.4, -0.2) is 29.1 Å². The van der Waals surface area contributed by atoms with Gasteiger partial charge in [-0.15, -0.1) is 0 Å². The third-order valence-corrected chi connectivity index (χ3v) is 3.10. The molecule has 0 aliphatic heterocycles. The van der Waals surface area contributed by atoms with Gasteiger partial charge in [0.1, 0.15) is 5.75 Å². The number of nitrogens with zero attached hydrogens (tertiary/aromatic N) is 2. The topological polar surface area (TPSA) is 94.3 Å². The molecule has 0 unspecified atom stereocenters. The van der Waals surface area contributed by atoms with Crippen molar-refractivity contribution < 1.29 is 32.0 Å². The van der Waals surface area contributed by atoms with Crippen LogP contribution in [0.2, 0.25) is 0 Å². The minimum Gasteiger partial charge on any atom is -0.496 e. The standard InChI is InChI=1S/C15H14F3N3O4/c1-3-4-11(22)19-13(23)9-6-5-8(7-10(9)24-2)12-20-14(25-21-12)15(16,17)18/h5-7H,3-4H2,1-2H3,(H,19,22,23). The number of aromatic nitrogens is 2. The predicted molar refractivity (Wildman–Crippen MR) is 78.7 cm³/mol. The fraction of sp³-hybridized carbons (Fsp3) is 0.333. The molecular formula is C15H14F3N3O4. The first-order valence-corrected chi connectivity index (χ1v) is 7.19. The summed E-state index contributed by atoms with van der Waals surface area (Å²) in [6, 6.07) is 3.91. The van der Waals surface area contributed by atoms with Gasteiger partial charge in [0, 0.05) is 12.0 Å². The molecule has 0 saturated carbocycles. The summed E-state index contributed by atoms with van der Waals surface area (Å²) in [6.07, 6.45) is -3.99. The highest BCUT2D eigenvalue weighted by Crippen LogP contribution is 2.31. The van der Waals surface area contributed by atoms with Gasteiger partial charge in [0.05, 0.1) is 12.7 Å². The second kappa shape index (κ2) is 7.32. The molecule has 10 heteroatoms. The molecule has 2 aromatic rings. The molecule has 2 amide bonds. The number of benzene rings is 1. The van der Waals surface area contributed by atoms with Gasteiger partial charge in [0.2, 0.25) is 11.7 Å². The number of amides is 2. The van der Waals surface area contributed by atoms with Crippen LogP contribution in [0.25, 0.3) is 11.4 Å². The van der Waals surface area contributed by atoms with Gasteiger partial charge in [-0.25, -0.2) is 0 Å².